The summed E-state index contributed by atoms with van der Waals surface area (Å²) in [6.45, 7) is 5.77. The minimum absolute atomic E-state index is 0.379. The molecule has 0 saturated carbocycles. The van der Waals surface area contributed by atoms with Crippen LogP contribution >= 0.6 is 0 Å². The Bertz CT molecular complexity index is 374. The highest BCUT2D eigenvalue weighted by Crippen LogP contribution is 2.33. The topological polar surface area (TPSA) is 30.5 Å². The second kappa shape index (κ2) is 5.41. The van der Waals surface area contributed by atoms with E-state index in [0.717, 1.165) is 31.1 Å². The van der Waals surface area contributed by atoms with E-state index in [1.54, 1.807) is 0 Å². The molecule has 0 radical (unpaired) electrons. The molecule has 3 heteroatoms. The lowest BCUT2D eigenvalue weighted by atomic mass is 10.0. The van der Waals surface area contributed by atoms with Crippen LogP contribution in [0.2, 0.25) is 0 Å². The number of rotatable bonds is 3. The standard InChI is InChI=1S/C14H21NO2/c1-4-12(15-3)11-5-6-13-14(7-11)17-9-10(2)8-16-13/h5-7,10,12,15H,4,8-9H2,1-3H3. The molecule has 0 amide bonds. The minimum Gasteiger partial charge on any atom is -0.489 e. The Balaban J connectivity index is 2.24. The maximum atomic E-state index is 5.79. The van der Waals surface area contributed by atoms with Crippen molar-refractivity contribution < 1.29 is 9.47 Å². The molecule has 94 valence electrons. The molecule has 1 aliphatic heterocycles. The van der Waals surface area contributed by atoms with E-state index in [1.165, 1.54) is 5.56 Å². The van der Waals surface area contributed by atoms with E-state index >= 15 is 0 Å². The Morgan fingerprint density at radius 3 is 2.65 bits per heavy atom. The molecule has 1 heterocycles. The van der Waals surface area contributed by atoms with E-state index in [-0.39, 0.29) is 0 Å². The predicted molar refractivity (Wildman–Crippen MR) is 68.7 cm³/mol. The maximum Gasteiger partial charge on any atom is 0.161 e. The first-order valence-corrected chi connectivity index (χ1v) is 6.31. The molecule has 0 spiro atoms. The van der Waals surface area contributed by atoms with Crippen LogP contribution in [-0.4, -0.2) is 20.3 Å². The molecule has 17 heavy (non-hydrogen) atoms. The first-order valence-electron chi connectivity index (χ1n) is 6.31. The Labute approximate surface area is 103 Å². The molecule has 0 aromatic heterocycles. The molecule has 1 aromatic carbocycles. The van der Waals surface area contributed by atoms with Crippen LogP contribution in [0, 0.1) is 5.92 Å². The van der Waals surface area contributed by atoms with E-state index in [9.17, 15) is 0 Å². The van der Waals surface area contributed by atoms with Crippen molar-refractivity contribution in [2.24, 2.45) is 5.92 Å². The second-order valence-electron chi connectivity index (χ2n) is 4.68. The van der Waals surface area contributed by atoms with Crippen LogP contribution in [0.4, 0.5) is 0 Å². The van der Waals surface area contributed by atoms with Crippen LogP contribution in [0.15, 0.2) is 18.2 Å². The van der Waals surface area contributed by atoms with Gasteiger partial charge in [0.05, 0.1) is 13.2 Å². The maximum absolute atomic E-state index is 5.79. The summed E-state index contributed by atoms with van der Waals surface area (Å²) in [5, 5.41) is 3.30. The van der Waals surface area contributed by atoms with Crippen molar-refractivity contribution in [3.8, 4) is 11.5 Å². The average molecular weight is 235 g/mol. The van der Waals surface area contributed by atoms with Gasteiger partial charge in [0.15, 0.2) is 11.5 Å². The van der Waals surface area contributed by atoms with Gasteiger partial charge in [0.2, 0.25) is 0 Å². The molecular weight excluding hydrogens is 214 g/mol. The van der Waals surface area contributed by atoms with Crippen LogP contribution in [0.5, 0.6) is 11.5 Å². The zero-order valence-electron chi connectivity index (χ0n) is 10.8. The van der Waals surface area contributed by atoms with Crippen LogP contribution in [0.25, 0.3) is 0 Å². The van der Waals surface area contributed by atoms with E-state index in [0.29, 0.717) is 12.0 Å². The zero-order valence-corrected chi connectivity index (χ0v) is 10.8. The van der Waals surface area contributed by atoms with Gasteiger partial charge in [0.1, 0.15) is 0 Å². The highest BCUT2D eigenvalue weighted by atomic mass is 16.5. The number of hydrogen-bond acceptors (Lipinski definition) is 3. The summed E-state index contributed by atoms with van der Waals surface area (Å²) >= 11 is 0. The first-order chi connectivity index (χ1) is 8.24. The van der Waals surface area contributed by atoms with E-state index in [1.807, 2.05) is 13.1 Å². The fraction of sp³-hybridized carbons (Fsp3) is 0.571. The van der Waals surface area contributed by atoms with Gasteiger partial charge < -0.3 is 14.8 Å². The lowest BCUT2D eigenvalue weighted by molar-refractivity contribution is 0.228. The molecule has 1 N–H and O–H groups in total. The summed E-state index contributed by atoms with van der Waals surface area (Å²) < 4.78 is 11.5. The molecule has 2 unspecified atom stereocenters. The van der Waals surface area contributed by atoms with Gasteiger partial charge in [0, 0.05) is 12.0 Å². The van der Waals surface area contributed by atoms with E-state index in [2.05, 4.69) is 31.3 Å². The fourth-order valence-corrected chi connectivity index (χ4v) is 2.09. The average Bonchev–Trinajstić information content (AvgIpc) is 2.53. The summed E-state index contributed by atoms with van der Waals surface area (Å²) in [5.41, 5.74) is 1.26. The smallest absolute Gasteiger partial charge is 0.161 e. The van der Waals surface area contributed by atoms with Gasteiger partial charge in [-0.3, -0.25) is 0 Å². The summed E-state index contributed by atoms with van der Waals surface area (Å²) in [4.78, 5) is 0. The molecule has 2 atom stereocenters. The molecule has 2 rings (SSSR count). The summed E-state index contributed by atoms with van der Waals surface area (Å²) in [6, 6.07) is 6.61. The fourth-order valence-electron chi connectivity index (χ4n) is 2.09. The predicted octanol–water partition coefficient (Wildman–Crippen LogP) is 2.76. The first kappa shape index (κ1) is 12.2. The van der Waals surface area contributed by atoms with Gasteiger partial charge in [-0.1, -0.05) is 19.9 Å². The van der Waals surface area contributed by atoms with Gasteiger partial charge in [-0.2, -0.15) is 0 Å². The monoisotopic (exact) mass is 235 g/mol. The molecule has 1 aliphatic rings. The summed E-state index contributed by atoms with van der Waals surface area (Å²) in [6.07, 6.45) is 1.06. The number of fused-ring (bicyclic) bond motifs is 1. The SMILES string of the molecule is CCC(NC)c1ccc2c(c1)OCC(C)CO2. The molecule has 0 saturated heterocycles. The number of nitrogens with one attached hydrogen (secondary N) is 1. The van der Waals surface area contributed by atoms with Crippen molar-refractivity contribution in [2.75, 3.05) is 20.3 Å². The molecule has 0 bridgehead atoms. The third kappa shape index (κ3) is 2.72. The summed E-state index contributed by atoms with van der Waals surface area (Å²) in [5.74, 6) is 2.18. The molecule has 0 fully saturated rings. The Kier molecular flexibility index (Phi) is 3.89. The molecule has 0 aliphatic carbocycles. The lowest BCUT2D eigenvalue weighted by Gasteiger charge is -2.16. The molecular formula is C14H21NO2. The van der Waals surface area contributed by atoms with E-state index in [4.69, 9.17) is 9.47 Å². The van der Waals surface area contributed by atoms with E-state index < -0.39 is 0 Å². The summed E-state index contributed by atoms with van der Waals surface area (Å²) in [7, 11) is 1.99. The van der Waals surface area contributed by atoms with Crippen LogP contribution < -0.4 is 14.8 Å². The number of ether oxygens (including phenoxy) is 2. The van der Waals surface area contributed by atoms with Crippen molar-refractivity contribution in [1.29, 1.82) is 0 Å². The Morgan fingerprint density at radius 2 is 2.00 bits per heavy atom. The zero-order chi connectivity index (χ0) is 12.3. The highest BCUT2D eigenvalue weighted by molar-refractivity contribution is 5.44. The van der Waals surface area contributed by atoms with Crippen molar-refractivity contribution in [3.05, 3.63) is 23.8 Å². The van der Waals surface area contributed by atoms with Crippen LogP contribution in [-0.2, 0) is 0 Å². The van der Waals surface area contributed by atoms with Crippen molar-refractivity contribution in [1.82, 2.24) is 5.32 Å². The normalized spacial score (nSPS) is 20.8. The number of benzene rings is 1. The Morgan fingerprint density at radius 1 is 1.29 bits per heavy atom. The minimum atomic E-state index is 0.379. The van der Waals surface area contributed by atoms with Gasteiger partial charge in [0.25, 0.3) is 0 Å². The molecule has 1 aromatic rings. The quantitative estimate of drug-likeness (QED) is 0.874. The molecule has 3 nitrogen and oxygen atoms in total. The number of hydrogen-bond donors (Lipinski definition) is 1. The lowest BCUT2D eigenvalue weighted by Crippen LogP contribution is -2.15. The van der Waals surface area contributed by atoms with Crippen molar-refractivity contribution in [2.45, 2.75) is 26.3 Å². The van der Waals surface area contributed by atoms with Crippen LogP contribution in [0.1, 0.15) is 31.9 Å². The van der Waals surface area contributed by atoms with Crippen molar-refractivity contribution in [3.63, 3.8) is 0 Å². The second-order valence-corrected chi connectivity index (χ2v) is 4.68. The van der Waals surface area contributed by atoms with Gasteiger partial charge in [-0.25, -0.2) is 0 Å². The Hall–Kier alpha value is -1.22. The third-order valence-electron chi connectivity index (χ3n) is 3.17. The largest absolute Gasteiger partial charge is 0.489 e. The van der Waals surface area contributed by atoms with Gasteiger partial charge in [-0.05, 0) is 31.2 Å². The third-order valence-corrected chi connectivity index (χ3v) is 3.17. The van der Waals surface area contributed by atoms with Crippen molar-refractivity contribution >= 4 is 0 Å². The highest BCUT2D eigenvalue weighted by Gasteiger charge is 2.16. The van der Waals surface area contributed by atoms with Gasteiger partial charge >= 0.3 is 0 Å². The van der Waals surface area contributed by atoms with Crippen LogP contribution in [0.3, 0.4) is 0 Å². The van der Waals surface area contributed by atoms with Gasteiger partial charge in [-0.15, -0.1) is 0 Å².